The van der Waals surface area contributed by atoms with Crippen LogP contribution in [0.15, 0.2) is 77.8 Å². The Morgan fingerprint density at radius 2 is 1.79 bits per heavy atom. The van der Waals surface area contributed by atoms with Crippen molar-refractivity contribution in [3.63, 3.8) is 0 Å². The SMILES string of the molecule is CN(C)CCCc1ccc(N=C(c2ccccc2)c2c(O)[nH]c3ccc([N+](=O)[O-])cc23)cc1. The molecule has 0 fully saturated rings. The van der Waals surface area contributed by atoms with Crippen LogP contribution in [0.3, 0.4) is 0 Å². The lowest BCUT2D eigenvalue weighted by Gasteiger charge is -2.10. The summed E-state index contributed by atoms with van der Waals surface area (Å²) in [5, 5.41) is 22.6. The van der Waals surface area contributed by atoms with Crippen molar-refractivity contribution in [1.82, 2.24) is 9.88 Å². The van der Waals surface area contributed by atoms with Gasteiger partial charge in [0, 0.05) is 28.6 Å². The first-order valence-corrected chi connectivity index (χ1v) is 10.8. The maximum atomic E-state index is 11.3. The summed E-state index contributed by atoms with van der Waals surface area (Å²) < 4.78 is 0. The summed E-state index contributed by atoms with van der Waals surface area (Å²) in [4.78, 5) is 20.8. The summed E-state index contributed by atoms with van der Waals surface area (Å²) in [6, 6.07) is 22.0. The molecule has 1 aromatic heterocycles. The van der Waals surface area contributed by atoms with Gasteiger partial charge in [-0.25, -0.2) is 4.99 Å². The normalized spacial score (nSPS) is 11.9. The quantitative estimate of drug-likeness (QED) is 0.216. The molecule has 0 amide bonds. The second kappa shape index (κ2) is 9.67. The predicted molar refractivity (Wildman–Crippen MR) is 132 cm³/mol. The largest absolute Gasteiger partial charge is 0.494 e. The Kier molecular flexibility index (Phi) is 6.51. The fourth-order valence-electron chi connectivity index (χ4n) is 3.85. The number of rotatable bonds is 8. The summed E-state index contributed by atoms with van der Waals surface area (Å²) in [6.07, 6.45) is 2.06. The molecular formula is C26H26N4O3. The van der Waals surface area contributed by atoms with Crippen molar-refractivity contribution in [1.29, 1.82) is 0 Å². The van der Waals surface area contributed by atoms with Crippen molar-refractivity contribution in [3.05, 3.63) is 99.6 Å². The third-order valence-corrected chi connectivity index (χ3v) is 5.51. The van der Waals surface area contributed by atoms with Gasteiger partial charge < -0.3 is 15.0 Å². The monoisotopic (exact) mass is 442 g/mol. The van der Waals surface area contributed by atoms with Crippen LogP contribution in [0.5, 0.6) is 5.88 Å². The molecule has 0 atom stereocenters. The third kappa shape index (κ3) is 5.10. The Morgan fingerprint density at radius 3 is 2.45 bits per heavy atom. The number of hydrogen-bond donors (Lipinski definition) is 2. The van der Waals surface area contributed by atoms with E-state index in [4.69, 9.17) is 4.99 Å². The number of aromatic hydroxyl groups is 1. The van der Waals surface area contributed by atoms with Gasteiger partial charge in [-0.05, 0) is 57.2 Å². The van der Waals surface area contributed by atoms with E-state index in [0.717, 1.165) is 30.6 Å². The van der Waals surface area contributed by atoms with E-state index < -0.39 is 4.92 Å². The average Bonchev–Trinajstić information content (AvgIpc) is 3.13. The average molecular weight is 443 g/mol. The number of aryl methyl sites for hydroxylation is 1. The van der Waals surface area contributed by atoms with E-state index in [1.165, 1.54) is 17.7 Å². The molecule has 0 saturated heterocycles. The van der Waals surface area contributed by atoms with Gasteiger partial charge in [0.25, 0.3) is 5.69 Å². The highest BCUT2D eigenvalue weighted by molar-refractivity contribution is 6.22. The maximum Gasteiger partial charge on any atom is 0.270 e. The van der Waals surface area contributed by atoms with Crippen LogP contribution in [-0.4, -0.2) is 46.3 Å². The standard InChI is InChI=1S/C26H26N4O3/c1-29(2)16-6-7-18-10-12-20(13-11-18)27-25(19-8-4-3-5-9-19)24-22-17-21(30(32)33)14-15-23(22)28-26(24)31/h3-5,8-15,17,28,31H,6-7,16H2,1-2H3. The minimum absolute atomic E-state index is 0.0442. The Hall–Kier alpha value is -3.97. The van der Waals surface area contributed by atoms with E-state index in [0.29, 0.717) is 22.2 Å². The zero-order valence-electron chi connectivity index (χ0n) is 18.7. The van der Waals surface area contributed by atoms with Crippen molar-refractivity contribution >= 4 is 28.0 Å². The van der Waals surface area contributed by atoms with Crippen LogP contribution < -0.4 is 0 Å². The molecular weight excluding hydrogens is 416 g/mol. The molecule has 7 nitrogen and oxygen atoms in total. The highest BCUT2D eigenvalue weighted by atomic mass is 16.6. The van der Waals surface area contributed by atoms with E-state index >= 15 is 0 Å². The zero-order valence-corrected chi connectivity index (χ0v) is 18.7. The first kappa shape index (κ1) is 22.2. The number of benzene rings is 3. The van der Waals surface area contributed by atoms with Crippen molar-refractivity contribution < 1.29 is 10.0 Å². The van der Waals surface area contributed by atoms with Crippen LogP contribution in [0.4, 0.5) is 11.4 Å². The molecule has 0 aliphatic heterocycles. The molecule has 0 saturated carbocycles. The molecule has 2 N–H and O–H groups in total. The maximum absolute atomic E-state index is 11.3. The highest BCUT2D eigenvalue weighted by Gasteiger charge is 2.20. The van der Waals surface area contributed by atoms with Crippen molar-refractivity contribution in [3.8, 4) is 5.88 Å². The third-order valence-electron chi connectivity index (χ3n) is 5.51. The first-order chi connectivity index (χ1) is 15.9. The number of fused-ring (bicyclic) bond motifs is 1. The second-order valence-electron chi connectivity index (χ2n) is 8.24. The van der Waals surface area contributed by atoms with Crippen LogP contribution in [0.1, 0.15) is 23.1 Å². The molecule has 1 heterocycles. The van der Waals surface area contributed by atoms with Gasteiger partial charge in [-0.15, -0.1) is 0 Å². The summed E-state index contributed by atoms with van der Waals surface area (Å²) in [6.45, 7) is 1.03. The fraction of sp³-hybridized carbons (Fsp3) is 0.192. The summed E-state index contributed by atoms with van der Waals surface area (Å²) in [5.74, 6) is -0.0755. The Morgan fingerprint density at radius 1 is 1.06 bits per heavy atom. The van der Waals surface area contributed by atoms with Gasteiger partial charge in [-0.3, -0.25) is 10.1 Å². The molecule has 7 heteroatoms. The minimum atomic E-state index is -0.443. The Bertz CT molecular complexity index is 1290. The van der Waals surface area contributed by atoms with Crippen LogP contribution >= 0.6 is 0 Å². The number of aromatic nitrogens is 1. The molecule has 0 aliphatic rings. The number of nitrogens with one attached hydrogen (secondary N) is 1. The number of nitro benzene ring substituents is 1. The number of nitrogens with zero attached hydrogens (tertiary/aromatic N) is 3. The van der Waals surface area contributed by atoms with Crippen LogP contribution in [-0.2, 0) is 6.42 Å². The van der Waals surface area contributed by atoms with E-state index in [1.54, 1.807) is 6.07 Å². The number of aromatic amines is 1. The van der Waals surface area contributed by atoms with Crippen molar-refractivity contribution in [2.24, 2.45) is 4.99 Å². The first-order valence-electron chi connectivity index (χ1n) is 10.8. The molecule has 0 aliphatic carbocycles. The minimum Gasteiger partial charge on any atom is -0.494 e. The predicted octanol–water partition coefficient (Wildman–Crippen LogP) is 5.45. The molecule has 4 rings (SSSR count). The van der Waals surface area contributed by atoms with E-state index in [-0.39, 0.29) is 11.6 Å². The summed E-state index contributed by atoms with van der Waals surface area (Å²) in [7, 11) is 4.13. The Balaban J connectivity index is 1.78. The molecule has 0 unspecified atom stereocenters. The van der Waals surface area contributed by atoms with Gasteiger partial charge in [0.2, 0.25) is 0 Å². The molecule has 0 bridgehead atoms. The Labute approximate surface area is 192 Å². The van der Waals surface area contributed by atoms with Crippen LogP contribution in [0.25, 0.3) is 10.9 Å². The lowest BCUT2D eigenvalue weighted by atomic mass is 10.0. The zero-order chi connectivity index (χ0) is 23.4. The summed E-state index contributed by atoms with van der Waals surface area (Å²) >= 11 is 0. The van der Waals surface area contributed by atoms with E-state index in [9.17, 15) is 15.2 Å². The molecule has 3 aromatic carbocycles. The van der Waals surface area contributed by atoms with Gasteiger partial charge >= 0.3 is 0 Å². The van der Waals surface area contributed by atoms with Gasteiger partial charge in [-0.1, -0.05) is 42.5 Å². The van der Waals surface area contributed by atoms with Gasteiger partial charge in [0.15, 0.2) is 5.88 Å². The molecule has 168 valence electrons. The molecule has 33 heavy (non-hydrogen) atoms. The number of H-pyrrole nitrogens is 1. The van der Waals surface area contributed by atoms with Gasteiger partial charge in [0.05, 0.1) is 21.9 Å². The smallest absolute Gasteiger partial charge is 0.270 e. The number of aliphatic imine (C=N–C) groups is 1. The lowest BCUT2D eigenvalue weighted by molar-refractivity contribution is -0.384. The topological polar surface area (TPSA) is 94.8 Å². The molecule has 0 spiro atoms. The van der Waals surface area contributed by atoms with E-state index in [1.807, 2.05) is 42.5 Å². The van der Waals surface area contributed by atoms with Gasteiger partial charge in [0.1, 0.15) is 0 Å². The van der Waals surface area contributed by atoms with Crippen LogP contribution in [0, 0.1) is 10.1 Å². The van der Waals surface area contributed by atoms with Crippen molar-refractivity contribution in [2.45, 2.75) is 12.8 Å². The second-order valence-corrected chi connectivity index (χ2v) is 8.24. The number of nitro groups is 1. The van der Waals surface area contributed by atoms with E-state index in [2.05, 4.69) is 36.1 Å². The lowest BCUT2D eigenvalue weighted by Crippen LogP contribution is -2.13. The molecule has 4 aromatic rings. The van der Waals surface area contributed by atoms with Crippen molar-refractivity contribution in [2.75, 3.05) is 20.6 Å². The van der Waals surface area contributed by atoms with Gasteiger partial charge in [-0.2, -0.15) is 0 Å². The number of non-ortho nitro benzene ring substituents is 1. The number of hydrogen-bond acceptors (Lipinski definition) is 5. The fourth-order valence-corrected chi connectivity index (χ4v) is 3.85. The van der Waals surface area contributed by atoms with Crippen LogP contribution in [0.2, 0.25) is 0 Å². The molecule has 0 radical (unpaired) electrons. The summed E-state index contributed by atoms with van der Waals surface area (Å²) in [5.41, 5.74) is 4.32. The highest BCUT2D eigenvalue weighted by Crippen LogP contribution is 2.33.